The lowest BCUT2D eigenvalue weighted by atomic mass is 10.0. The second-order valence-electron chi connectivity index (χ2n) is 8.19. The molecule has 0 heterocycles. The van der Waals surface area contributed by atoms with Gasteiger partial charge in [0, 0.05) is 6.42 Å². The number of nitrogens with one attached hydrogen (secondary N) is 1. The second kappa shape index (κ2) is 19.5. The molecule has 7 heteroatoms. The van der Waals surface area contributed by atoms with Crippen LogP contribution in [-0.2, 0) is 13.9 Å². The van der Waals surface area contributed by atoms with Crippen LogP contribution in [-0.4, -0.2) is 28.3 Å². The van der Waals surface area contributed by atoms with Crippen LogP contribution in [0.25, 0.3) is 0 Å². The fourth-order valence-electron chi connectivity index (χ4n) is 3.44. The minimum absolute atomic E-state index is 0.0523. The molecule has 1 atom stereocenters. The summed E-state index contributed by atoms with van der Waals surface area (Å²) in [5.74, 6) is -0.0523. The van der Waals surface area contributed by atoms with Gasteiger partial charge in [-0.2, -0.15) is 0 Å². The van der Waals surface area contributed by atoms with Crippen molar-refractivity contribution in [2.24, 2.45) is 0 Å². The first kappa shape index (κ1) is 28.6. The first-order chi connectivity index (χ1) is 13.9. The van der Waals surface area contributed by atoms with Crippen molar-refractivity contribution < 1.29 is 23.7 Å². The highest BCUT2D eigenvalue weighted by molar-refractivity contribution is 7.46. The van der Waals surface area contributed by atoms with E-state index in [4.69, 9.17) is 9.79 Å². The Hall–Kier alpha value is -0.420. The third kappa shape index (κ3) is 22.1. The first-order valence-electron chi connectivity index (χ1n) is 11.9. The van der Waals surface area contributed by atoms with Crippen LogP contribution >= 0.6 is 7.82 Å². The van der Waals surface area contributed by atoms with Gasteiger partial charge >= 0.3 is 7.82 Å². The van der Waals surface area contributed by atoms with Crippen LogP contribution in [0.3, 0.4) is 0 Å². The van der Waals surface area contributed by atoms with Gasteiger partial charge in [-0.25, -0.2) is 4.57 Å². The number of hydrogen-bond acceptors (Lipinski definition) is 3. The van der Waals surface area contributed by atoms with Gasteiger partial charge < -0.3 is 15.1 Å². The normalized spacial score (nSPS) is 12.8. The molecule has 0 radical (unpaired) electrons. The summed E-state index contributed by atoms with van der Waals surface area (Å²) in [6, 6.07) is -0.336. The standard InChI is InChI=1S/C22H46NO5P/c1-3-5-7-8-9-10-11-12-13-14-15-16-17-19-22(24)23-21(18-6-4-2)20-28-29(25,26)27/h21H,3-20H2,1-2H3,(H,23,24)(H2,25,26,27)/t21-/m1/s1. The lowest BCUT2D eigenvalue weighted by Crippen LogP contribution is -2.37. The summed E-state index contributed by atoms with van der Waals surface area (Å²) >= 11 is 0. The summed E-state index contributed by atoms with van der Waals surface area (Å²) in [5.41, 5.74) is 0. The molecule has 0 aromatic carbocycles. The van der Waals surface area contributed by atoms with Crippen molar-refractivity contribution in [3.63, 3.8) is 0 Å². The van der Waals surface area contributed by atoms with Gasteiger partial charge in [0.05, 0.1) is 12.6 Å². The monoisotopic (exact) mass is 435 g/mol. The number of phosphoric ester groups is 1. The first-order valence-corrected chi connectivity index (χ1v) is 13.4. The van der Waals surface area contributed by atoms with Crippen LogP contribution in [0.15, 0.2) is 0 Å². The predicted molar refractivity (Wildman–Crippen MR) is 120 cm³/mol. The molecule has 0 rings (SSSR count). The van der Waals surface area contributed by atoms with Crippen molar-refractivity contribution in [2.75, 3.05) is 6.61 Å². The van der Waals surface area contributed by atoms with Crippen molar-refractivity contribution in [1.29, 1.82) is 0 Å². The van der Waals surface area contributed by atoms with E-state index in [1.54, 1.807) is 0 Å². The number of rotatable bonds is 21. The Kier molecular flexibility index (Phi) is 19.3. The zero-order chi connectivity index (χ0) is 21.8. The highest BCUT2D eigenvalue weighted by atomic mass is 31.2. The Balaban J connectivity index is 3.64. The Labute approximate surface area is 178 Å². The van der Waals surface area contributed by atoms with E-state index in [9.17, 15) is 9.36 Å². The molecule has 6 nitrogen and oxygen atoms in total. The number of carbonyl (C=O) groups excluding carboxylic acids is 1. The van der Waals surface area contributed by atoms with Crippen LogP contribution in [0.1, 0.15) is 123 Å². The molecule has 0 aliphatic carbocycles. The number of amides is 1. The SMILES string of the molecule is CCCCCCCCCCCCCCCC(=O)N[C@H](CCCC)COP(=O)(O)O. The fraction of sp³-hybridized carbons (Fsp3) is 0.955. The van der Waals surface area contributed by atoms with Crippen molar-refractivity contribution in [3.05, 3.63) is 0 Å². The molecule has 0 saturated heterocycles. The van der Waals surface area contributed by atoms with Crippen molar-refractivity contribution in [2.45, 2.75) is 129 Å². The van der Waals surface area contributed by atoms with Crippen molar-refractivity contribution in [1.82, 2.24) is 5.32 Å². The quantitative estimate of drug-likeness (QED) is 0.146. The van der Waals surface area contributed by atoms with E-state index in [2.05, 4.69) is 16.8 Å². The van der Waals surface area contributed by atoms with E-state index in [0.717, 1.165) is 25.7 Å². The van der Waals surface area contributed by atoms with E-state index < -0.39 is 7.82 Å². The average molecular weight is 436 g/mol. The summed E-state index contributed by atoms with van der Waals surface area (Å²) in [5, 5.41) is 2.86. The van der Waals surface area contributed by atoms with Crippen LogP contribution in [0.2, 0.25) is 0 Å². The van der Waals surface area contributed by atoms with Gasteiger partial charge in [-0.15, -0.1) is 0 Å². The number of hydrogen-bond donors (Lipinski definition) is 3. The van der Waals surface area contributed by atoms with Gasteiger partial charge in [0.2, 0.25) is 5.91 Å². The second-order valence-corrected chi connectivity index (χ2v) is 9.43. The summed E-state index contributed by atoms with van der Waals surface area (Å²) in [7, 11) is -4.50. The third-order valence-corrected chi connectivity index (χ3v) is 5.71. The topological polar surface area (TPSA) is 95.9 Å². The van der Waals surface area contributed by atoms with Crippen molar-refractivity contribution in [3.8, 4) is 0 Å². The van der Waals surface area contributed by atoms with E-state index in [1.807, 2.05) is 6.92 Å². The maximum atomic E-state index is 12.1. The van der Waals surface area contributed by atoms with Crippen LogP contribution in [0.4, 0.5) is 0 Å². The summed E-state index contributed by atoms with van der Waals surface area (Å²) in [6.45, 7) is 4.15. The minimum Gasteiger partial charge on any atom is -0.351 e. The maximum Gasteiger partial charge on any atom is 0.469 e. The van der Waals surface area contributed by atoms with Crippen LogP contribution in [0.5, 0.6) is 0 Å². The van der Waals surface area contributed by atoms with Gasteiger partial charge in [0.15, 0.2) is 0 Å². The predicted octanol–water partition coefficient (Wildman–Crippen LogP) is 6.25. The smallest absolute Gasteiger partial charge is 0.351 e. The van der Waals surface area contributed by atoms with Crippen LogP contribution < -0.4 is 5.32 Å². The molecule has 1 amide bonds. The Morgan fingerprint density at radius 2 is 1.24 bits per heavy atom. The van der Waals surface area contributed by atoms with Crippen LogP contribution in [0, 0.1) is 0 Å². The van der Waals surface area contributed by atoms with Crippen molar-refractivity contribution >= 4 is 13.7 Å². The average Bonchev–Trinajstić information content (AvgIpc) is 2.67. The maximum absolute atomic E-state index is 12.1. The highest BCUT2D eigenvalue weighted by Gasteiger charge is 2.19. The van der Waals surface area contributed by atoms with E-state index in [-0.39, 0.29) is 18.6 Å². The molecule has 174 valence electrons. The largest absolute Gasteiger partial charge is 0.469 e. The van der Waals surface area contributed by atoms with E-state index in [0.29, 0.717) is 12.8 Å². The molecule has 0 aliphatic heterocycles. The highest BCUT2D eigenvalue weighted by Crippen LogP contribution is 2.35. The number of unbranched alkanes of at least 4 members (excludes halogenated alkanes) is 13. The minimum atomic E-state index is -4.50. The molecule has 0 spiro atoms. The Morgan fingerprint density at radius 3 is 1.69 bits per heavy atom. The molecular weight excluding hydrogens is 389 g/mol. The summed E-state index contributed by atoms with van der Waals surface area (Å²) in [4.78, 5) is 29.8. The van der Waals surface area contributed by atoms with Gasteiger partial charge in [-0.1, -0.05) is 104 Å². The summed E-state index contributed by atoms with van der Waals surface area (Å²) in [6.07, 6.45) is 19.5. The van der Waals surface area contributed by atoms with Gasteiger partial charge in [-0.3, -0.25) is 9.32 Å². The zero-order valence-electron chi connectivity index (χ0n) is 18.9. The molecule has 0 saturated carbocycles. The fourth-order valence-corrected chi connectivity index (χ4v) is 3.81. The number of carbonyl (C=O) groups is 1. The third-order valence-electron chi connectivity index (χ3n) is 5.22. The molecule has 3 N–H and O–H groups in total. The van der Waals surface area contributed by atoms with Gasteiger partial charge in [0.25, 0.3) is 0 Å². The number of phosphoric acid groups is 1. The zero-order valence-corrected chi connectivity index (χ0v) is 19.8. The molecule has 0 fully saturated rings. The van der Waals surface area contributed by atoms with Gasteiger partial charge in [0.1, 0.15) is 0 Å². The molecular formula is C22H46NO5P. The summed E-state index contributed by atoms with van der Waals surface area (Å²) < 4.78 is 15.4. The molecule has 0 aliphatic rings. The van der Waals surface area contributed by atoms with E-state index in [1.165, 1.54) is 70.6 Å². The van der Waals surface area contributed by atoms with Gasteiger partial charge in [-0.05, 0) is 12.8 Å². The molecule has 0 aromatic heterocycles. The lowest BCUT2D eigenvalue weighted by molar-refractivity contribution is -0.122. The molecule has 0 unspecified atom stereocenters. The lowest BCUT2D eigenvalue weighted by Gasteiger charge is -2.19. The Morgan fingerprint density at radius 1 is 0.793 bits per heavy atom. The molecule has 29 heavy (non-hydrogen) atoms. The Bertz CT molecular complexity index is 427. The molecule has 0 bridgehead atoms. The van der Waals surface area contributed by atoms with E-state index >= 15 is 0 Å². The molecule has 0 aromatic rings.